The Bertz CT molecular complexity index is 271. The van der Waals surface area contributed by atoms with E-state index in [0.717, 1.165) is 5.69 Å². The van der Waals surface area contributed by atoms with E-state index in [1.54, 1.807) is 0 Å². The molecule has 0 radical (unpaired) electrons. The molecule has 1 atom stereocenters. The van der Waals surface area contributed by atoms with Crippen molar-refractivity contribution < 1.29 is 4.79 Å². The molecule has 5 heteroatoms. The van der Waals surface area contributed by atoms with E-state index in [9.17, 15) is 4.79 Å². The van der Waals surface area contributed by atoms with Crippen LogP contribution in [0.5, 0.6) is 0 Å². The molecule has 0 saturated carbocycles. The molecule has 1 N–H and O–H groups in total. The van der Waals surface area contributed by atoms with Gasteiger partial charge in [0.2, 0.25) is 5.91 Å². The van der Waals surface area contributed by atoms with Crippen LogP contribution < -0.4 is 5.32 Å². The molecule has 72 valence electrons. The van der Waals surface area contributed by atoms with E-state index in [2.05, 4.69) is 14.9 Å². The quantitative estimate of drug-likeness (QED) is 0.800. The molecule has 0 saturated heterocycles. The lowest BCUT2D eigenvalue weighted by Gasteiger charge is -2.12. The zero-order valence-corrected chi connectivity index (χ0v) is 8.76. The SMILES string of the molecule is CC(C)C(=O)NC(C)c1csnn1. The van der Waals surface area contributed by atoms with Gasteiger partial charge in [0, 0.05) is 11.3 Å². The molecule has 0 spiro atoms. The van der Waals surface area contributed by atoms with Crippen LogP contribution in [-0.4, -0.2) is 15.5 Å². The van der Waals surface area contributed by atoms with Crippen molar-refractivity contribution in [2.45, 2.75) is 26.8 Å². The Morgan fingerprint density at radius 1 is 1.54 bits per heavy atom. The predicted octanol–water partition coefficient (Wildman–Crippen LogP) is 1.37. The third kappa shape index (κ3) is 2.77. The van der Waals surface area contributed by atoms with E-state index in [1.165, 1.54) is 11.5 Å². The first-order valence-corrected chi connectivity index (χ1v) is 5.02. The maximum Gasteiger partial charge on any atom is 0.223 e. The summed E-state index contributed by atoms with van der Waals surface area (Å²) in [6.07, 6.45) is 0. The molecule has 1 aromatic rings. The van der Waals surface area contributed by atoms with Crippen LogP contribution in [0.25, 0.3) is 0 Å². The first kappa shape index (κ1) is 10.1. The number of hydrogen-bond donors (Lipinski definition) is 1. The van der Waals surface area contributed by atoms with Gasteiger partial charge in [-0.25, -0.2) is 0 Å². The van der Waals surface area contributed by atoms with Gasteiger partial charge >= 0.3 is 0 Å². The molecule has 1 rings (SSSR count). The number of nitrogens with one attached hydrogen (secondary N) is 1. The largest absolute Gasteiger partial charge is 0.348 e. The molecule has 4 nitrogen and oxygen atoms in total. The highest BCUT2D eigenvalue weighted by molar-refractivity contribution is 7.03. The second kappa shape index (κ2) is 4.32. The molecule has 0 aliphatic carbocycles. The highest BCUT2D eigenvalue weighted by Crippen LogP contribution is 2.10. The van der Waals surface area contributed by atoms with E-state index >= 15 is 0 Å². The summed E-state index contributed by atoms with van der Waals surface area (Å²) in [4.78, 5) is 11.3. The van der Waals surface area contributed by atoms with Gasteiger partial charge in [-0.05, 0) is 18.5 Å². The van der Waals surface area contributed by atoms with Crippen LogP contribution in [0, 0.1) is 5.92 Å². The first-order chi connectivity index (χ1) is 6.11. The Kier molecular flexibility index (Phi) is 3.36. The van der Waals surface area contributed by atoms with Crippen LogP contribution in [-0.2, 0) is 4.79 Å². The van der Waals surface area contributed by atoms with Gasteiger partial charge in [-0.2, -0.15) is 0 Å². The molecular weight excluding hydrogens is 186 g/mol. The van der Waals surface area contributed by atoms with Crippen molar-refractivity contribution in [1.82, 2.24) is 14.9 Å². The first-order valence-electron chi connectivity index (χ1n) is 4.18. The number of carbonyl (C=O) groups excluding carboxylic acids is 1. The Hall–Kier alpha value is -0.970. The minimum Gasteiger partial charge on any atom is -0.348 e. The number of hydrogen-bond acceptors (Lipinski definition) is 4. The summed E-state index contributed by atoms with van der Waals surface area (Å²) in [5.74, 6) is 0.0505. The van der Waals surface area contributed by atoms with Crippen molar-refractivity contribution in [2.24, 2.45) is 5.92 Å². The van der Waals surface area contributed by atoms with Crippen LogP contribution in [0.3, 0.4) is 0 Å². The zero-order valence-electron chi connectivity index (χ0n) is 7.94. The summed E-state index contributed by atoms with van der Waals surface area (Å²) in [6.45, 7) is 5.62. The highest BCUT2D eigenvalue weighted by Gasteiger charge is 2.13. The van der Waals surface area contributed by atoms with Crippen LogP contribution in [0.15, 0.2) is 5.38 Å². The van der Waals surface area contributed by atoms with Gasteiger partial charge in [0.1, 0.15) is 0 Å². The number of rotatable bonds is 3. The normalized spacial score (nSPS) is 12.9. The standard InChI is InChI=1S/C8H13N3OS/c1-5(2)8(12)9-6(3)7-4-13-11-10-7/h4-6H,1-3H3,(H,9,12). The van der Waals surface area contributed by atoms with E-state index in [1.807, 2.05) is 26.2 Å². The second-order valence-corrected chi connectivity index (χ2v) is 3.82. The fourth-order valence-corrected chi connectivity index (χ4v) is 1.36. The smallest absolute Gasteiger partial charge is 0.223 e. The lowest BCUT2D eigenvalue weighted by Crippen LogP contribution is -2.30. The van der Waals surface area contributed by atoms with Crippen LogP contribution in [0.1, 0.15) is 32.5 Å². The monoisotopic (exact) mass is 199 g/mol. The highest BCUT2D eigenvalue weighted by atomic mass is 32.1. The van der Waals surface area contributed by atoms with E-state index < -0.39 is 0 Å². The predicted molar refractivity (Wildman–Crippen MR) is 51.3 cm³/mol. The fourth-order valence-electron chi connectivity index (χ4n) is 0.815. The summed E-state index contributed by atoms with van der Waals surface area (Å²) in [5.41, 5.74) is 0.819. The number of carbonyl (C=O) groups is 1. The Morgan fingerprint density at radius 3 is 2.69 bits per heavy atom. The molecule has 0 aliphatic rings. The molecule has 1 unspecified atom stereocenters. The van der Waals surface area contributed by atoms with Crippen molar-refractivity contribution in [3.05, 3.63) is 11.1 Å². The molecule has 0 aliphatic heterocycles. The van der Waals surface area contributed by atoms with Crippen molar-refractivity contribution in [1.29, 1.82) is 0 Å². The maximum absolute atomic E-state index is 11.3. The summed E-state index contributed by atoms with van der Waals surface area (Å²) in [7, 11) is 0. The van der Waals surface area contributed by atoms with Gasteiger partial charge in [-0.15, -0.1) is 5.10 Å². The van der Waals surface area contributed by atoms with Crippen molar-refractivity contribution in [2.75, 3.05) is 0 Å². The maximum atomic E-state index is 11.3. The van der Waals surface area contributed by atoms with Gasteiger partial charge in [-0.3, -0.25) is 4.79 Å². The van der Waals surface area contributed by atoms with E-state index in [4.69, 9.17) is 0 Å². The summed E-state index contributed by atoms with van der Waals surface area (Å²) in [6, 6.07) is -0.0475. The second-order valence-electron chi connectivity index (χ2n) is 3.21. The lowest BCUT2D eigenvalue weighted by atomic mass is 10.2. The number of aromatic nitrogens is 2. The number of amides is 1. The average molecular weight is 199 g/mol. The summed E-state index contributed by atoms with van der Waals surface area (Å²) < 4.78 is 3.74. The molecule has 0 aromatic carbocycles. The zero-order chi connectivity index (χ0) is 9.84. The van der Waals surface area contributed by atoms with E-state index in [-0.39, 0.29) is 17.9 Å². The average Bonchev–Trinajstić information content (AvgIpc) is 2.55. The van der Waals surface area contributed by atoms with Crippen LogP contribution in [0.2, 0.25) is 0 Å². The minimum atomic E-state index is -0.0475. The molecule has 1 heterocycles. The summed E-state index contributed by atoms with van der Waals surface area (Å²) >= 11 is 1.29. The molecule has 1 aromatic heterocycles. The number of nitrogens with zero attached hydrogens (tertiary/aromatic N) is 2. The Morgan fingerprint density at radius 2 is 2.23 bits per heavy atom. The Labute approximate surface area is 81.5 Å². The molecule has 0 fully saturated rings. The van der Waals surface area contributed by atoms with Crippen molar-refractivity contribution in [3.63, 3.8) is 0 Å². The van der Waals surface area contributed by atoms with Gasteiger partial charge in [-0.1, -0.05) is 18.3 Å². The van der Waals surface area contributed by atoms with Crippen molar-refractivity contribution >= 4 is 17.4 Å². The van der Waals surface area contributed by atoms with Gasteiger partial charge in [0.25, 0.3) is 0 Å². The minimum absolute atomic E-state index is 0.00837. The van der Waals surface area contributed by atoms with Crippen LogP contribution in [0.4, 0.5) is 0 Å². The molecule has 13 heavy (non-hydrogen) atoms. The lowest BCUT2D eigenvalue weighted by molar-refractivity contribution is -0.124. The van der Waals surface area contributed by atoms with Gasteiger partial charge in [0.15, 0.2) is 0 Å². The van der Waals surface area contributed by atoms with Gasteiger partial charge in [0.05, 0.1) is 11.7 Å². The Balaban J connectivity index is 2.51. The summed E-state index contributed by atoms with van der Waals surface area (Å²) in [5, 5.41) is 8.57. The third-order valence-electron chi connectivity index (χ3n) is 1.70. The topological polar surface area (TPSA) is 54.9 Å². The molecular formula is C8H13N3OS. The van der Waals surface area contributed by atoms with Gasteiger partial charge < -0.3 is 5.32 Å². The third-order valence-corrected chi connectivity index (χ3v) is 2.23. The van der Waals surface area contributed by atoms with Crippen LogP contribution >= 0.6 is 11.5 Å². The van der Waals surface area contributed by atoms with E-state index in [0.29, 0.717) is 0 Å². The fraction of sp³-hybridized carbons (Fsp3) is 0.625. The van der Waals surface area contributed by atoms with Crippen molar-refractivity contribution in [3.8, 4) is 0 Å². The molecule has 0 bridgehead atoms. The molecule has 1 amide bonds.